The molecule has 1 unspecified atom stereocenters. The quantitative estimate of drug-likeness (QED) is 0.596. The lowest BCUT2D eigenvalue weighted by molar-refractivity contribution is -0.0391. The number of methoxy groups -OCH3 is 1. The maximum atomic E-state index is 11.7. The summed E-state index contributed by atoms with van der Waals surface area (Å²) in [5, 5.41) is 19.0. The highest BCUT2D eigenvalue weighted by Crippen LogP contribution is 2.16. The first-order valence-electron chi connectivity index (χ1n) is 5.73. The van der Waals surface area contributed by atoms with Crippen molar-refractivity contribution in [2.24, 2.45) is 0 Å². The van der Waals surface area contributed by atoms with E-state index >= 15 is 0 Å². The summed E-state index contributed by atoms with van der Waals surface area (Å²) in [6.07, 6.45) is 0. The van der Waals surface area contributed by atoms with Gasteiger partial charge in [0, 0.05) is 0 Å². The van der Waals surface area contributed by atoms with Crippen molar-refractivity contribution in [2.75, 3.05) is 20.3 Å². The van der Waals surface area contributed by atoms with E-state index in [0.29, 0.717) is 16.9 Å². The number of benzene rings is 1. The van der Waals surface area contributed by atoms with Crippen molar-refractivity contribution < 1.29 is 24.5 Å². The summed E-state index contributed by atoms with van der Waals surface area (Å²) in [4.78, 5) is 11.7. The van der Waals surface area contributed by atoms with Crippen LogP contribution < -0.4 is 4.74 Å². The fourth-order valence-corrected chi connectivity index (χ4v) is 1.30. The molecule has 0 saturated heterocycles. The lowest BCUT2D eigenvalue weighted by Gasteiger charge is -2.25. The first kappa shape index (κ1) is 15.2. The summed E-state index contributed by atoms with van der Waals surface area (Å²) in [6.45, 7) is 4.21. The minimum atomic E-state index is -1.61. The fourth-order valence-electron chi connectivity index (χ4n) is 1.30. The topological polar surface area (TPSA) is 76.0 Å². The van der Waals surface area contributed by atoms with E-state index in [9.17, 15) is 9.90 Å². The Hall–Kier alpha value is -1.85. The molecule has 1 atom stereocenters. The van der Waals surface area contributed by atoms with Crippen LogP contribution >= 0.6 is 0 Å². The van der Waals surface area contributed by atoms with E-state index in [1.165, 1.54) is 7.11 Å². The smallest absolute Gasteiger partial charge is 0.338 e. The van der Waals surface area contributed by atoms with Crippen LogP contribution in [-0.2, 0) is 4.74 Å². The molecule has 0 aliphatic heterocycles. The van der Waals surface area contributed by atoms with Crippen LogP contribution in [0.3, 0.4) is 0 Å². The summed E-state index contributed by atoms with van der Waals surface area (Å²) in [5.74, 6) is 0.0427. The molecule has 0 saturated carbocycles. The number of carbonyl (C=O) groups excluding carboxylic acids is 1. The van der Waals surface area contributed by atoms with Gasteiger partial charge in [-0.2, -0.15) is 0 Å². The highest BCUT2D eigenvalue weighted by Gasteiger charge is 2.29. The zero-order valence-corrected chi connectivity index (χ0v) is 11.0. The second-order valence-corrected chi connectivity index (χ2v) is 4.27. The molecule has 5 nitrogen and oxygen atoms in total. The van der Waals surface area contributed by atoms with E-state index in [1.54, 1.807) is 31.2 Å². The first-order valence-corrected chi connectivity index (χ1v) is 5.73. The molecule has 0 heterocycles. The van der Waals surface area contributed by atoms with Gasteiger partial charge in [-0.25, -0.2) is 4.79 Å². The monoisotopic (exact) mass is 266 g/mol. The van der Waals surface area contributed by atoms with Gasteiger partial charge in [0.05, 0.1) is 19.3 Å². The fraction of sp³-hybridized carbons (Fsp3) is 0.357. The third-order valence-electron chi connectivity index (χ3n) is 2.82. The zero-order chi connectivity index (χ0) is 14.5. The number of rotatable bonds is 6. The van der Waals surface area contributed by atoms with Gasteiger partial charge in [0.1, 0.15) is 18.0 Å². The molecule has 0 fully saturated rings. The van der Waals surface area contributed by atoms with Gasteiger partial charge in [0.2, 0.25) is 0 Å². The van der Waals surface area contributed by atoms with Crippen molar-refractivity contribution in [3.05, 3.63) is 42.0 Å². The molecule has 1 aromatic carbocycles. The molecule has 104 valence electrons. The van der Waals surface area contributed by atoms with Gasteiger partial charge in [-0.3, -0.25) is 0 Å². The molecule has 0 bridgehead atoms. The zero-order valence-electron chi connectivity index (χ0n) is 11.0. The van der Waals surface area contributed by atoms with E-state index in [2.05, 4.69) is 6.58 Å². The summed E-state index contributed by atoms with van der Waals surface area (Å²) in [5.41, 5.74) is -0.942. The molecule has 19 heavy (non-hydrogen) atoms. The minimum Gasteiger partial charge on any atom is -0.497 e. The molecule has 1 aromatic rings. The average Bonchev–Trinajstić information content (AvgIpc) is 2.44. The Morgan fingerprint density at radius 1 is 1.37 bits per heavy atom. The van der Waals surface area contributed by atoms with Crippen molar-refractivity contribution >= 4 is 5.97 Å². The number of hydrogen-bond acceptors (Lipinski definition) is 5. The van der Waals surface area contributed by atoms with E-state index in [1.807, 2.05) is 0 Å². The SMILES string of the molecule is C=C(C)C(O)(CO)COC(=O)c1ccc(OC)cc1. The third-order valence-corrected chi connectivity index (χ3v) is 2.82. The van der Waals surface area contributed by atoms with E-state index in [0.717, 1.165) is 0 Å². The van der Waals surface area contributed by atoms with Gasteiger partial charge < -0.3 is 19.7 Å². The van der Waals surface area contributed by atoms with Gasteiger partial charge in [0.25, 0.3) is 0 Å². The average molecular weight is 266 g/mol. The van der Waals surface area contributed by atoms with Crippen LogP contribution in [0.2, 0.25) is 0 Å². The van der Waals surface area contributed by atoms with Crippen molar-refractivity contribution in [3.8, 4) is 5.75 Å². The molecule has 2 N–H and O–H groups in total. The number of ether oxygens (including phenoxy) is 2. The van der Waals surface area contributed by atoms with E-state index in [-0.39, 0.29) is 6.61 Å². The number of carbonyl (C=O) groups is 1. The predicted octanol–water partition coefficient (Wildman–Crippen LogP) is 1.15. The molecular weight excluding hydrogens is 248 g/mol. The minimum absolute atomic E-state index is 0.331. The van der Waals surface area contributed by atoms with E-state index < -0.39 is 18.2 Å². The van der Waals surface area contributed by atoms with Crippen molar-refractivity contribution in [1.82, 2.24) is 0 Å². The van der Waals surface area contributed by atoms with Crippen molar-refractivity contribution in [1.29, 1.82) is 0 Å². The van der Waals surface area contributed by atoms with E-state index in [4.69, 9.17) is 14.6 Å². The molecule has 0 aromatic heterocycles. The second-order valence-electron chi connectivity index (χ2n) is 4.27. The first-order chi connectivity index (χ1) is 8.92. The predicted molar refractivity (Wildman–Crippen MR) is 70.1 cm³/mol. The summed E-state index contributed by atoms with van der Waals surface area (Å²) in [6, 6.07) is 6.38. The van der Waals surface area contributed by atoms with Crippen LogP contribution in [0.15, 0.2) is 36.4 Å². The van der Waals surface area contributed by atoms with Crippen LogP contribution in [-0.4, -0.2) is 42.1 Å². The van der Waals surface area contributed by atoms with Crippen LogP contribution in [0.4, 0.5) is 0 Å². The van der Waals surface area contributed by atoms with Gasteiger partial charge in [-0.15, -0.1) is 0 Å². The molecule has 1 rings (SSSR count). The number of aliphatic hydroxyl groups is 2. The normalized spacial score (nSPS) is 13.5. The number of hydrogen-bond donors (Lipinski definition) is 2. The summed E-state index contributed by atoms with van der Waals surface area (Å²) >= 11 is 0. The van der Waals surface area contributed by atoms with Crippen LogP contribution in [0.1, 0.15) is 17.3 Å². The Morgan fingerprint density at radius 3 is 2.37 bits per heavy atom. The van der Waals surface area contributed by atoms with Gasteiger partial charge >= 0.3 is 5.97 Å². The van der Waals surface area contributed by atoms with Gasteiger partial charge in [-0.1, -0.05) is 6.58 Å². The summed E-state index contributed by atoms with van der Waals surface area (Å²) < 4.78 is 9.94. The molecular formula is C14H18O5. The van der Waals surface area contributed by atoms with Crippen molar-refractivity contribution in [3.63, 3.8) is 0 Å². The Labute approximate surface area is 112 Å². The Morgan fingerprint density at radius 2 is 1.95 bits per heavy atom. The number of esters is 1. The van der Waals surface area contributed by atoms with Crippen molar-refractivity contribution in [2.45, 2.75) is 12.5 Å². The largest absolute Gasteiger partial charge is 0.497 e. The molecule has 0 spiro atoms. The number of aliphatic hydroxyl groups excluding tert-OH is 1. The van der Waals surface area contributed by atoms with Crippen LogP contribution in [0, 0.1) is 0 Å². The second kappa shape index (κ2) is 6.36. The third kappa shape index (κ3) is 3.81. The maximum Gasteiger partial charge on any atom is 0.338 e. The van der Waals surface area contributed by atoms with Crippen LogP contribution in [0.25, 0.3) is 0 Å². The lowest BCUT2D eigenvalue weighted by atomic mass is 9.99. The highest BCUT2D eigenvalue weighted by molar-refractivity contribution is 5.89. The molecule has 0 aliphatic carbocycles. The van der Waals surface area contributed by atoms with Gasteiger partial charge in [-0.05, 0) is 36.8 Å². The van der Waals surface area contributed by atoms with Crippen LogP contribution in [0.5, 0.6) is 5.75 Å². The lowest BCUT2D eigenvalue weighted by Crippen LogP contribution is -2.40. The highest BCUT2D eigenvalue weighted by atomic mass is 16.5. The maximum absolute atomic E-state index is 11.7. The molecule has 0 radical (unpaired) electrons. The Balaban J connectivity index is 2.66. The Bertz CT molecular complexity index is 451. The standard InChI is InChI=1S/C14H18O5/c1-10(2)14(17,8-15)9-19-13(16)11-4-6-12(18-3)7-5-11/h4-7,15,17H,1,8-9H2,2-3H3. The molecule has 0 aliphatic rings. The Kier molecular flexibility index (Phi) is 5.09. The molecule has 0 amide bonds. The van der Waals surface area contributed by atoms with Gasteiger partial charge in [0.15, 0.2) is 0 Å². The summed E-state index contributed by atoms with van der Waals surface area (Å²) in [7, 11) is 1.53. The molecule has 5 heteroatoms.